The average molecular weight is 327 g/mol. The molecule has 1 amide bonds. The Morgan fingerprint density at radius 3 is 2.64 bits per heavy atom. The van der Waals surface area contributed by atoms with Crippen molar-refractivity contribution in [3.05, 3.63) is 29.8 Å². The molecule has 5 heteroatoms. The van der Waals surface area contributed by atoms with Crippen molar-refractivity contribution in [2.45, 2.75) is 44.6 Å². The number of benzene rings is 1. The molecule has 1 heterocycles. The minimum Gasteiger partial charge on any atom is -0.497 e. The van der Waals surface area contributed by atoms with Crippen molar-refractivity contribution >= 4 is 18.3 Å². The molecule has 124 valence electrons. The third kappa shape index (κ3) is 4.89. The fraction of sp³-hybridized carbons (Fsp3) is 0.588. The first-order chi connectivity index (χ1) is 10.3. The van der Waals surface area contributed by atoms with Gasteiger partial charge in [0.1, 0.15) is 5.75 Å². The standard InChI is InChI=1S/C17H26N2O2.ClH/c1-21-15-10-8-14(9-11-15)16-6-3-2-4-13-19(16)17(20)7-5-12-18;/h8-11,16H,2-7,12-13,18H2,1H3;1H. The predicted molar refractivity (Wildman–Crippen MR) is 91.5 cm³/mol. The van der Waals surface area contributed by atoms with Crippen LogP contribution in [-0.2, 0) is 4.79 Å². The van der Waals surface area contributed by atoms with E-state index >= 15 is 0 Å². The van der Waals surface area contributed by atoms with Crippen molar-refractivity contribution in [1.82, 2.24) is 4.90 Å². The van der Waals surface area contributed by atoms with Crippen molar-refractivity contribution in [3.8, 4) is 5.75 Å². The molecule has 1 aliphatic rings. The molecule has 1 aromatic carbocycles. The van der Waals surface area contributed by atoms with Crippen LogP contribution in [-0.4, -0.2) is 31.0 Å². The first-order valence-electron chi connectivity index (χ1n) is 7.89. The molecule has 22 heavy (non-hydrogen) atoms. The van der Waals surface area contributed by atoms with Gasteiger partial charge in [-0.05, 0) is 43.5 Å². The number of halogens is 1. The highest BCUT2D eigenvalue weighted by Gasteiger charge is 2.26. The maximum absolute atomic E-state index is 12.5. The van der Waals surface area contributed by atoms with Gasteiger partial charge in [-0.1, -0.05) is 25.0 Å². The lowest BCUT2D eigenvalue weighted by Crippen LogP contribution is -2.35. The van der Waals surface area contributed by atoms with Gasteiger partial charge in [0.2, 0.25) is 5.91 Å². The summed E-state index contributed by atoms with van der Waals surface area (Å²) >= 11 is 0. The Balaban J connectivity index is 0.00000242. The van der Waals surface area contributed by atoms with Crippen LogP contribution < -0.4 is 10.5 Å². The van der Waals surface area contributed by atoms with Gasteiger partial charge < -0.3 is 15.4 Å². The fourth-order valence-corrected chi connectivity index (χ4v) is 2.98. The van der Waals surface area contributed by atoms with Gasteiger partial charge in [-0.15, -0.1) is 12.4 Å². The van der Waals surface area contributed by atoms with Crippen LogP contribution in [0.4, 0.5) is 0 Å². The van der Waals surface area contributed by atoms with E-state index in [9.17, 15) is 4.79 Å². The van der Waals surface area contributed by atoms with E-state index in [4.69, 9.17) is 10.5 Å². The highest BCUT2D eigenvalue weighted by Crippen LogP contribution is 2.31. The molecule has 2 rings (SSSR count). The summed E-state index contributed by atoms with van der Waals surface area (Å²) in [5, 5.41) is 0. The van der Waals surface area contributed by atoms with E-state index in [-0.39, 0.29) is 24.4 Å². The largest absolute Gasteiger partial charge is 0.497 e. The Labute approximate surface area is 139 Å². The Bertz CT molecular complexity index is 450. The lowest BCUT2D eigenvalue weighted by atomic mass is 10.00. The number of nitrogens with two attached hydrogens (primary N) is 1. The summed E-state index contributed by atoms with van der Waals surface area (Å²) in [4.78, 5) is 14.5. The quantitative estimate of drug-likeness (QED) is 0.903. The smallest absolute Gasteiger partial charge is 0.223 e. The van der Waals surface area contributed by atoms with Crippen molar-refractivity contribution in [2.24, 2.45) is 5.73 Å². The van der Waals surface area contributed by atoms with Crippen molar-refractivity contribution < 1.29 is 9.53 Å². The molecule has 0 bridgehead atoms. The highest BCUT2D eigenvalue weighted by molar-refractivity contribution is 5.85. The van der Waals surface area contributed by atoms with Gasteiger partial charge in [0.05, 0.1) is 13.2 Å². The van der Waals surface area contributed by atoms with Gasteiger partial charge in [-0.3, -0.25) is 4.79 Å². The Kier molecular flexibility index (Phi) is 8.28. The van der Waals surface area contributed by atoms with Crippen molar-refractivity contribution in [3.63, 3.8) is 0 Å². The molecule has 1 aromatic rings. The second kappa shape index (κ2) is 9.70. The van der Waals surface area contributed by atoms with Gasteiger partial charge in [-0.2, -0.15) is 0 Å². The Morgan fingerprint density at radius 2 is 2.00 bits per heavy atom. The van der Waals surface area contributed by atoms with E-state index in [0.717, 1.165) is 31.6 Å². The average Bonchev–Trinajstić information content (AvgIpc) is 2.78. The molecule has 4 nitrogen and oxygen atoms in total. The number of carbonyl (C=O) groups excluding carboxylic acids is 1. The van der Waals surface area contributed by atoms with Crippen molar-refractivity contribution in [1.29, 1.82) is 0 Å². The summed E-state index contributed by atoms with van der Waals surface area (Å²) in [5.41, 5.74) is 6.74. The molecule has 0 aliphatic carbocycles. The fourth-order valence-electron chi connectivity index (χ4n) is 2.98. The maximum atomic E-state index is 12.5. The second-order valence-corrected chi connectivity index (χ2v) is 5.62. The number of hydrogen-bond donors (Lipinski definition) is 1. The normalized spacial score (nSPS) is 18.3. The summed E-state index contributed by atoms with van der Waals surface area (Å²) in [5.74, 6) is 1.09. The molecule has 1 saturated heterocycles. The van der Waals surface area contributed by atoms with Crippen LogP contribution in [0.15, 0.2) is 24.3 Å². The molecule has 1 fully saturated rings. The van der Waals surface area contributed by atoms with E-state index in [1.807, 2.05) is 12.1 Å². The topological polar surface area (TPSA) is 55.6 Å². The number of likely N-dealkylation sites (tertiary alicyclic amines) is 1. The number of hydrogen-bond acceptors (Lipinski definition) is 3. The third-order valence-corrected chi connectivity index (χ3v) is 4.17. The zero-order chi connectivity index (χ0) is 15.1. The van der Waals surface area contributed by atoms with Crippen LogP contribution in [0, 0.1) is 0 Å². The monoisotopic (exact) mass is 326 g/mol. The summed E-state index contributed by atoms with van der Waals surface area (Å²) in [6, 6.07) is 8.31. The van der Waals surface area contributed by atoms with E-state index in [0.29, 0.717) is 13.0 Å². The minimum absolute atomic E-state index is 0. The lowest BCUT2D eigenvalue weighted by Gasteiger charge is -2.30. The number of amides is 1. The van der Waals surface area contributed by atoms with Gasteiger partial charge in [0.15, 0.2) is 0 Å². The van der Waals surface area contributed by atoms with Crippen LogP contribution in [0.3, 0.4) is 0 Å². The minimum atomic E-state index is 0. The molecular weight excluding hydrogens is 300 g/mol. The first-order valence-corrected chi connectivity index (χ1v) is 7.89. The van der Waals surface area contributed by atoms with Gasteiger partial charge >= 0.3 is 0 Å². The molecule has 0 saturated carbocycles. The van der Waals surface area contributed by atoms with Crippen LogP contribution >= 0.6 is 12.4 Å². The molecule has 1 atom stereocenters. The van der Waals surface area contributed by atoms with Gasteiger partial charge in [0.25, 0.3) is 0 Å². The number of carbonyl (C=O) groups is 1. The Morgan fingerprint density at radius 1 is 1.27 bits per heavy atom. The summed E-state index contributed by atoms with van der Waals surface area (Å²) < 4.78 is 5.21. The van der Waals surface area contributed by atoms with Gasteiger partial charge in [0, 0.05) is 13.0 Å². The van der Waals surface area contributed by atoms with Crippen LogP contribution in [0.5, 0.6) is 5.75 Å². The number of nitrogens with zero attached hydrogens (tertiary/aromatic N) is 1. The van der Waals surface area contributed by atoms with E-state index in [2.05, 4.69) is 17.0 Å². The summed E-state index contributed by atoms with van der Waals surface area (Å²) in [6.45, 7) is 1.44. The zero-order valence-electron chi connectivity index (χ0n) is 13.3. The van der Waals surface area contributed by atoms with Crippen LogP contribution in [0.2, 0.25) is 0 Å². The predicted octanol–water partition coefficient (Wildman–Crippen LogP) is 3.30. The molecular formula is C17H27ClN2O2. The molecule has 0 aromatic heterocycles. The summed E-state index contributed by atoms with van der Waals surface area (Å²) in [6.07, 6.45) is 5.85. The van der Waals surface area contributed by atoms with Crippen LogP contribution in [0.1, 0.15) is 50.1 Å². The highest BCUT2D eigenvalue weighted by atomic mass is 35.5. The molecule has 1 aliphatic heterocycles. The molecule has 0 spiro atoms. The number of methoxy groups -OCH3 is 1. The second-order valence-electron chi connectivity index (χ2n) is 5.62. The lowest BCUT2D eigenvalue weighted by molar-refractivity contribution is -0.133. The number of ether oxygens (including phenoxy) is 1. The molecule has 0 radical (unpaired) electrons. The van der Waals surface area contributed by atoms with E-state index < -0.39 is 0 Å². The SMILES string of the molecule is COc1ccc(C2CCCCCN2C(=O)CCCN)cc1.Cl. The van der Waals surface area contributed by atoms with Crippen molar-refractivity contribution in [2.75, 3.05) is 20.2 Å². The van der Waals surface area contributed by atoms with Gasteiger partial charge in [-0.25, -0.2) is 0 Å². The summed E-state index contributed by atoms with van der Waals surface area (Å²) in [7, 11) is 1.67. The maximum Gasteiger partial charge on any atom is 0.223 e. The van der Waals surface area contributed by atoms with E-state index in [1.54, 1.807) is 7.11 Å². The number of rotatable bonds is 5. The molecule has 1 unspecified atom stereocenters. The van der Waals surface area contributed by atoms with E-state index in [1.165, 1.54) is 18.4 Å². The third-order valence-electron chi connectivity index (χ3n) is 4.17. The first kappa shape index (κ1) is 18.8. The van der Waals surface area contributed by atoms with Crippen LogP contribution in [0.25, 0.3) is 0 Å². The Hall–Kier alpha value is -1.26. The zero-order valence-corrected chi connectivity index (χ0v) is 14.1. The molecule has 2 N–H and O–H groups in total.